The molecule has 0 saturated heterocycles. The molecule has 1 aliphatic heterocycles. The molecule has 4 heteroatoms. The number of hydrogen-bond donors (Lipinski definition) is 1. The van der Waals surface area contributed by atoms with Gasteiger partial charge >= 0.3 is 6.03 Å². The van der Waals surface area contributed by atoms with E-state index in [9.17, 15) is 4.79 Å². The van der Waals surface area contributed by atoms with Gasteiger partial charge in [-0.2, -0.15) is 0 Å². The third-order valence-corrected chi connectivity index (χ3v) is 5.29. The van der Waals surface area contributed by atoms with E-state index in [2.05, 4.69) is 45.1 Å². The lowest BCUT2D eigenvalue weighted by Gasteiger charge is -2.25. The molecule has 2 amide bonds. The van der Waals surface area contributed by atoms with Gasteiger partial charge in [0.2, 0.25) is 0 Å². The first kappa shape index (κ1) is 15.1. The Morgan fingerprint density at radius 3 is 2.77 bits per heavy atom. The van der Waals surface area contributed by atoms with Crippen molar-refractivity contribution >= 4 is 23.1 Å². The Labute approximate surface area is 136 Å². The lowest BCUT2D eigenvalue weighted by atomic mass is 10.1. The molecule has 0 spiro atoms. The third-order valence-electron chi connectivity index (χ3n) is 4.31. The second kappa shape index (κ2) is 5.76. The molecule has 2 aromatic rings. The lowest BCUT2D eigenvalue weighted by Crippen LogP contribution is -2.44. The molecule has 1 aromatic carbocycles. The van der Waals surface area contributed by atoms with Crippen molar-refractivity contribution in [1.29, 1.82) is 0 Å². The molecule has 3 rings (SSSR count). The number of carbonyl (C=O) groups is 1. The predicted molar refractivity (Wildman–Crippen MR) is 92.8 cm³/mol. The molecule has 22 heavy (non-hydrogen) atoms. The number of nitrogens with one attached hydrogen (secondary N) is 1. The molecule has 1 N–H and O–H groups in total. The van der Waals surface area contributed by atoms with Crippen LogP contribution in [-0.2, 0) is 6.42 Å². The number of rotatable bonds is 2. The molecule has 1 aliphatic rings. The number of para-hydroxylation sites is 1. The highest BCUT2D eigenvalue weighted by molar-refractivity contribution is 7.12. The summed E-state index contributed by atoms with van der Waals surface area (Å²) in [6, 6.07) is 10.6. The normalized spacial score (nSPS) is 18.2. The van der Waals surface area contributed by atoms with Crippen molar-refractivity contribution in [3.63, 3.8) is 0 Å². The molecule has 2 heterocycles. The van der Waals surface area contributed by atoms with Crippen molar-refractivity contribution in [2.75, 3.05) is 4.90 Å². The van der Waals surface area contributed by atoms with Gasteiger partial charge in [0, 0.05) is 21.5 Å². The zero-order valence-electron chi connectivity index (χ0n) is 13.5. The van der Waals surface area contributed by atoms with Crippen molar-refractivity contribution in [2.24, 2.45) is 0 Å². The summed E-state index contributed by atoms with van der Waals surface area (Å²) in [6.45, 7) is 8.38. The summed E-state index contributed by atoms with van der Waals surface area (Å²) in [5, 5.41) is 3.16. The number of aryl methyl sites for hydroxylation is 2. The van der Waals surface area contributed by atoms with Gasteiger partial charge in [-0.05, 0) is 57.4 Å². The highest BCUT2D eigenvalue weighted by Crippen LogP contribution is 2.32. The molecule has 0 radical (unpaired) electrons. The summed E-state index contributed by atoms with van der Waals surface area (Å²) >= 11 is 1.78. The smallest absolute Gasteiger partial charge is 0.322 e. The van der Waals surface area contributed by atoms with E-state index in [1.54, 1.807) is 11.3 Å². The van der Waals surface area contributed by atoms with E-state index < -0.39 is 0 Å². The number of fused-ring (bicyclic) bond motifs is 1. The average molecular weight is 314 g/mol. The highest BCUT2D eigenvalue weighted by Gasteiger charge is 2.31. The van der Waals surface area contributed by atoms with E-state index in [1.807, 2.05) is 23.1 Å². The first-order valence-electron chi connectivity index (χ1n) is 7.72. The molecule has 2 atom stereocenters. The fourth-order valence-electron chi connectivity index (χ4n) is 3.29. The van der Waals surface area contributed by atoms with Gasteiger partial charge in [-0.25, -0.2) is 4.79 Å². The summed E-state index contributed by atoms with van der Waals surface area (Å²) in [5.41, 5.74) is 3.51. The molecule has 1 aromatic heterocycles. The maximum absolute atomic E-state index is 12.7. The van der Waals surface area contributed by atoms with Gasteiger partial charge in [0.05, 0.1) is 6.04 Å². The monoisotopic (exact) mass is 314 g/mol. The number of nitrogens with zero attached hydrogens (tertiary/aromatic N) is 1. The fourth-order valence-corrected chi connectivity index (χ4v) is 4.31. The fraction of sp³-hybridized carbons (Fsp3) is 0.389. The maximum atomic E-state index is 12.7. The van der Waals surface area contributed by atoms with Crippen LogP contribution in [-0.4, -0.2) is 12.1 Å². The van der Waals surface area contributed by atoms with Crippen molar-refractivity contribution in [3.8, 4) is 0 Å². The van der Waals surface area contributed by atoms with Crippen LogP contribution in [0, 0.1) is 13.8 Å². The molecular formula is C18H22N2OS. The Morgan fingerprint density at radius 2 is 2.09 bits per heavy atom. The summed E-state index contributed by atoms with van der Waals surface area (Å²) in [6.07, 6.45) is 0.925. The predicted octanol–water partition coefficient (Wildman–Crippen LogP) is 4.59. The molecule has 0 aliphatic carbocycles. The first-order valence-corrected chi connectivity index (χ1v) is 8.53. The Kier molecular flexibility index (Phi) is 3.96. The topological polar surface area (TPSA) is 32.3 Å². The quantitative estimate of drug-likeness (QED) is 0.864. The summed E-state index contributed by atoms with van der Waals surface area (Å²) in [5.74, 6) is 0. The maximum Gasteiger partial charge on any atom is 0.322 e. The van der Waals surface area contributed by atoms with E-state index in [0.29, 0.717) is 0 Å². The van der Waals surface area contributed by atoms with Crippen LogP contribution in [0.3, 0.4) is 0 Å². The number of amides is 2. The number of hydrogen-bond acceptors (Lipinski definition) is 2. The molecule has 2 unspecified atom stereocenters. The van der Waals surface area contributed by atoms with Gasteiger partial charge in [0.25, 0.3) is 0 Å². The van der Waals surface area contributed by atoms with Crippen LogP contribution < -0.4 is 10.2 Å². The molecule has 0 saturated carbocycles. The van der Waals surface area contributed by atoms with Gasteiger partial charge < -0.3 is 5.32 Å². The van der Waals surface area contributed by atoms with Crippen LogP contribution in [0.2, 0.25) is 0 Å². The second-order valence-corrected chi connectivity index (χ2v) is 7.55. The van der Waals surface area contributed by atoms with Gasteiger partial charge in [-0.1, -0.05) is 18.2 Å². The average Bonchev–Trinajstić information content (AvgIpc) is 2.96. The Bertz CT molecular complexity index is 707. The Morgan fingerprint density at radius 1 is 1.36 bits per heavy atom. The zero-order chi connectivity index (χ0) is 15.9. The van der Waals surface area contributed by atoms with E-state index in [4.69, 9.17) is 0 Å². The number of urea groups is 1. The van der Waals surface area contributed by atoms with Gasteiger partial charge in [-0.15, -0.1) is 11.3 Å². The zero-order valence-corrected chi connectivity index (χ0v) is 14.3. The van der Waals surface area contributed by atoms with Crippen LogP contribution in [0.4, 0.5) is 10.5 Å². The van der Waals surface area contributed by atoms with Gasteiger partial charge in [0.15, 0.2) is 0 Å². The molecular weight excluding hydrogens is 292 g/mol. The number of carbonyl (C=O) groups excluding carboxylic acids is 1. The minimum absolute atomic E-state index is 0.00629. The minimum atomic E-state index is -0.00629. The van der Waals surface area contributed by atoms with Crippen molar-refractivity contribution in [3.05, 3.63) is 51.2 Å². The van der Waals surface area contributed by atoms with E-state index in [-0.39, 0.29) is 18.1 Å². The van der Waals surface area contributed by atoms with Gasteiger partial charge in [-0.3, -0.25) is 4.90 Å². The second-order valence-electron chi connectivity index (χ2n) is 6.09. The van der Waals surface area contributed by atoms with E-state index in [0.717, 1.165) is 12.1 Å². The third kappa shape index (κ3) is 2.63. The summed E-state index contributed by atoms with van der Waals surface area (Å²) < 4.78 is 0. The Balaban J connectivity index is 1.79. The van der Waals surface area contributed by atoms with Crippen molar-refractivity contribution in [1.82, 2.24) is 5.32 Å². The molecule has 116 valence electrons. The SMILES string of the molecule is Cc1cc(C(C)NC(=O)N2c3ccccc3CC2C)c(C)s1. The molecule has 0 bridgehead atoms. The summed E-state index contributed by atoms with van der Waals surface area (Å²) in [4.78, 5) is 17.2. The van der Waals surface area contributed by atoms with Crippen LogP contribution >= 0.6 is 11.3 Å². The van der Waals surface area contributed by atoms with Crippen molar-refractivity contribution in [2.45, 2.75) is 46.2 Å². The molecule has 3 nitrogen and oxygen atoms in total. The van der Waals surface area contributed by atoms with Gasteiger partial charge in [0.1, 0.15) is 0 Å². The van der Waals surface area contributed by atoms with E-state index in [1.165, 1.54) is 20.9 Å². The lowest BCUT2D eigenvalue weighted by molar-refractivity contribution is 0.242. The van der Waals surface area contributed by atoms with Crippen LogP contribution in [0.15, 0.2) is 30.3 Å². The first-order chi connectivity index (χ1) is 10.5. The van der Waals surface area contributed by atoms with E-state index >= 15 is 0 Å². The number of anilines is 1. The summed E-state index contributed by atoms with van der Waals surface area (Å²) in [7, 11) is 0. The highest BCUT2D eigenvalue weighted by atomic mass is 32.1. The number of benzene rings is 1. The minimum Gasteiger partial charge on any atom is -0.331 e. The number of thiophene rings is 1. The van der Waals surface area contributed by atoms with Crippen molar-refractivity contribution < 1.29 is 4.79 Å². The van der Waals surface area contributed by atoms with Crippen LogP contribution in [0.1, 0.15) is 40.8 Å². The Hall–Kier alpha value is -1.81. The van der Waals surface area contributed by atoms with Crippen LogP contribution in [0.5, 0.6) is 0 Å². The largest absolute Gasteiger partial charge is 0.331 e. The van der Waals surface area contributed by atoms with Crippen LogP contribution in [0.25, 0.3) is 0 Å². The molecule has 0 fully saturated rings. The standard InChI is InChI=1S/C18H22N2OS/c1-11-9-15-7-5-6-8-17(15)20(11)18(21)19-13(3)16-10-12(2)22-14(16)4/h5-8,10-11,13H,9H2,1-4H3,(H,19,21).